The molecule has 8 nitrogen and oxygen atoms in total. The van der Waals surface area contributed by atoms with E-state index < -0.39 is 0 Å². The lowest BCUT2D eigenvalue weighted by Gasteiger charge is -2.09. The Morgan fingerprint density at radius 2 is 0.812 bits per heavy atom. The summed E-state index contributed by atoms with van der Waals surface area (Å²) in [6.45, 7) is 0. The number of halogens is 1. The molecule has 6 aromatic heterocycles. The summed E-state index contributed by atoms with van der Waals surface area (Å²) in [5, 5.41) is 7.98. The minimum Gasteiger partial charge on any atom is -0.361 e. The predicted octanol–water partition coefficient (Wildman–Crippen LogP) is 15.9. The van der Waals surface area contributed by atoms with Gasteiger partial charge in [-0.2, -0.15) is 19.9 Å². The van der Waals surface area contributed by atoms with Crippen LogP contribution in [0.1, 0.15) is 0 Å². The molecule has 11 heteroatoms. The molecule has 0 saturated carbocycles. The molecular formula is C58H37ClN8S2. The van der Waals surface area contributed by atoms with E-state index in [2.05, 4.69) is 116 Å². The molecule has 6 heterocycles. The maximum absolute atomic E-state index is 5.99. The molecule has 0 amide bonds. The van der Waals surface area contributed by atoms with Crippen molar-refractivity contribution in [2.24, 2.45) is 0 Å². The van der Waals surface area contributed by atoms with Crippen LogP contribution in [0.3, 0.4) is 0 Å². The highest BCUT2D eigenvalue weighted by Crippen LogP contribution is 2.38. The molecule has 8 aromatic carbocycles. The average molecular weight is 946 g/mol. The van der Waals surface area contributed by atoms with Gasteiger partial charge in [0.15, 0.2) is 23.3 Å². The van der Waals surface area contributed by atoms with Gasteiger partial charge in [-0.3, -0.25) is 4.57 Å². The van der Waals surface area contributed by atoms with Crippen LogP contribution in [0.25, 0.3) is 114 Å². The minimum absolute atomic E-state index is 0.202. The lowest BCUT2D eigenvalue weighted by molar-refractivity contribution is 0.934. The first-order chi connectivity index (χ1) is 34.1. The summed E-state index contributed by atoms with van der Waals surface area (Å²) in [5.74, 6) is 3.10. The number of hydrogen-bond donors (Lipinski definition) is 1. The van der Waals surface area contributed by atoms with Gasteiger partial charge in [0.05, 0.1) is 5.52 Å². The van der Waals surface area contributed by atoms with Gasteiger partial charge in [0.1, 0.15) is 0 Å². The number of thiophene rings is 2. The molecule has 0 radical (unpaired) electrons. The Bertz CT molecular complexity index is 3980. The number of rotatable bonds is 5. The van der Waals surface area contributed by atoms with E-state index in [1.54, 1.807) is 0 Å². The highest BCUT2D eigenvalue weighted by molar-refractivity contribution is 7.26. The van der Waals surface area contributed by atoms with E-state index >= 15 is 0 Å². The van der Waals surface area contributed by atoms with Crippen molar-refractivity contribution in [1.29, 1.82) is 0 Å². The van der Waals surface area contributed by atoms with E-state index in [9.17, 15) is 0 Å². The lowest BCUT2D eigenvalue weighted by Crippen LogP contribution is -2.05. The minimum atomic E-state index is 0.202. The molecule has 0 aliphatic rings. The quantitative estimate of drug-likeness (QED) is 0.185. The summed E-state index contributed by atoms with van der Waals surface area (Å²) < 4.78 is 7.35. The molecule has 0 aliphatic heterocycles. The van der Waals surface area contributed by atoms with Gasteiger partial charge in [0.2, 0.25) is 11.2 Å². The topological polar surface area (TPSA) is 98.1 Å². The maximum Gasteiger partial charge on any atom is 0.238 e. The van der Waals surface area contributed by atoms with Gasteiger partial charge in [-0.05, 0) is 60.1 Å². The van der Waals surface area contributed by atoms with Gasteiger partial charge in [0.25, 0.3) is 0 Å². The van der Waals surface area contributed by atoms with Crippen molar-refractivity contribution < 1.29 is 0 Å². The highest BCUT2D eigenvalue weighted by Gasteiger charge is 2.16. The number of aromatic nitrogens is 8. The van der Waals surface area contributed by atoms with Crippen LogP contribution in [-0.2, 0) is 0 Å². The van der Waals surface area contributed by atoms with Crippen LogP contribution in [0.15, 0.2) is 219 Å². The number of fused-ring (bicyclic) bond motifs is 8. The van der Waals surface area contributed by atoms with Gasteiger partial charge in [0, 0.05) is 91.3 Å². The summed E-state index contributed by atoms with van der Waals surface area (Å²) in [7, 11) is 0. The molecule has 0 spiro atoms. The van der Waals surface area contributed by atoms with Crippen LogP contribution in [0.5, 0.6) is 0 Å². The van der Waals surface area contributed by atoms with Crippen LogP contribution in [0.2, 0.25) is 5.28 Å². The summed E-state index contributed by atoms with van der Waals surface area (Å²) in [5.41, 5.74) is 6.08. The second kappa shape index (κ2) is 18.3. The maximum atomic E-state index is 5.99. The fraction of sp³-hybridized carbons (Fsp3) is 0. The molecule has 328 valence electrons. The Labute approximate surface area is 408 Å². The molecule has 69 heavy (non-hydrogen) atoms. The normalized spacial score (nSPS) is 11.3. The van der Waals surface area contributed by atoms with Crippen LogP contribution in [0.4, 0.5) is 0 Å². The highest BCUT2D eigenvalue weighted by atomic mass is 35.5. The number of nitrogens with zero attached hydrogens (tertiary/aromatic N) is 7. The molecule has 0 bridgehead atoms. The van der Waals surface area contributed by atoms with Gasteiger partial charge in [-0.15, -0.1) is 22.7 Å². The van der Waals surface area contributed by atoms with Crippen LogP contribution >= 0.6 is 34.3 Å². The van der Waals surface area contributed by atoms with Crippen LogP contribution in [-0.4, -0.2) is 39.5 Å². The van der Waals surface area contributed by atoms with Crippen molar-refractivity contribution in [1.82, 2.24) is 39.5 Å². The lowest BCUT2D eigenvalue weighted by atomic mass is 10.1. The largest absolute Gasteiger partial charge is 0.361 e. The van der Waals surface area contributed by atoms with E-state index in [4.69, 9.17) is 26.6 Å². The SMILES string of the molecule is Clc1nc(-c2ccccc2)nc(-c2ccccc2)n1.c1ccc(-c2nc(-c3ccccc3)nc(-n3ccc4cc5c(cc43)sc3ccccc35)n2)cc1.c1ccc2c(c1)sc1cc3[nH]ccc3cc12. The van der Waals surface area contributed by atoms with Gasteiger partial charge >= 0.3 is 0 Å². The third-order valence-corrected chi connectivity index (χ3v) is 14.3. The van der Waals surface area contributed by atoms with E-state index in [0.29, 0.717) is 29.2 Å². The number of aromatic amines is 1. The van der Waals surface area contributed by atoms with Crippen molar-refractivity contribution in [2.75, 3.05) is 0 Å². The van der Waals surface area contributed by atoms with E-state index in [-0.39, 0.29) is 5.28 Å². The van der Waals surface area contributed by atoms with Crippen molar-refractivity contribution in [3.63, 3.8) is 0 Å². The zero-order chi connectivity index (χ0) is 46.1. The second-order valence-electron chi connectivity index (χ2n) is 16.2. The second-order valence-corrected chi connectivity index (χ2v) is 18.7. The molecule has 0 saturated heterocycles. The van der Waals surface area contributed by atoms with Gasteiger partial charge in [-0.25, -0.2) is 9.97 Å². The van der Waals surface area contributed by atoms with E-state index in [1.807, 2.05) is 150 Å². The standard InChI is InChI=1S/C29H18N4S.C15H10ClN3.C14H9NS/c1-3-9-19(10-4-1)27-30-28(20-11-5-2-6-12-20)32-29(31-27)33-16-15-21-17-23-22-13-7-8-14-25(22)34-26(23)18-24(21)33;16-15-18-13(11-7-3-1-4-8-11)17-14(19-15)12-9-5-2-6-10-12;1-2-4-13-10(3-1)11-7-9-5-6-15-12(9)8-14(11)16-13/h1-18H;1-10H;1-8,15H. The Morgan fingerprint density at radius 1 is 0.377 bits per heavy atom. The third-order valence-electron chi connectivity index (χ3n) is 11.8. The Morgan fingerprint density at radius 3 is 1.32 bits per heavy atom. The first kappa shape index (κ1) is 42.0. The molecule has 0 atom stereocenters. The monoisotopic (exact) mass is 944 g/mol. The van der Waals surface area contributed by atoms with Crippen LogP contribution < -0.4 is 0 Å². The molecule has 1 N–H and O–H groups in total. The smallest absolute Gasteiger partial charge is 0.238 e. The zero-order valence-electron chi connectivity index (χ0n) is 36.6. The van der Waals surface area contributed by atoms with Crippen molar-refractivity contribution in [2.45, 2.75) is 0 Å². The molecule has 0 fully saturated rings. The predicted molar refractivity (Wildman–Crippen MR) is 287 cm³/mol. The summed E-state index contributed by atoms with van der Waals surface area (Å²) in [6.07, 6.45) is 4.05. The number of H-pyrrole nitrogens is 1. The third kappa shape index (κ3) is 8.49. The van der Waals surface area contributed by atoms with Gasteiger partial charge < -0.3 is 4.98 Å². The molecular weight excluding hydrogens is 908 g/mol. The fourth-order valence-electron chi connectivity index (χ4n) is 8.49. The van der Waals surface area contributed by atoms with E-state index in [0.717, 1.165) is 27.8 Å². The number of hydrogen-bond acceptors (Lipinski definition) is 8. The first-order valence-corrected chi connectivity index (χ1v) is 24.3. The number of nitrogens with one attached hydrogen (secondary N) is 1. The fourth-order valence-corrected chi connectivity index (χ4v) is 10.9. The van der Waals surface area contributed by atoms with Crippen molar-refractivity contribution >= 4 is 96.4 Å². The summed E-state index contributed by atoms with van der Waals surface area (Å²) in [6, 6.07) is 70.1. The molecule has 14 aromatic rings. The summed E-state index contributed by atoms with van der Waals surface area (Å²) >= 11 is 9.66. The first-order valence-electron chi connectivity index (χ1n) is 22.3. The summed E-state index contributed by atoms with van der Waals surface area (Å²) in [4.78, 5) is 30.7. The zero-order valence-corrected chi connectivity index (χ0v) is 39.0. The Kier molecular flexibility index (Phi) is 11.2. The Balaban J connectivity index is 0.000000118. The number of benzene rings is 8. The van der Waals surface area contributed by atoms with Crippen LogP contribution in [0, 0.1) is 0 Å². The molecule has 0 aliphatic carbocycles. The Hall–Kier alpha value is -8.41. The van der Waals surface area contributed by atoms with E-state index in [1.165, 1.54) is 56.6 Å². The average Bonchev–Trinajstić information content (AvgIpc) is 4.22. The van der Waals surface area contributed by atoms with Crippen molar-refractivity contribution in [3.05, 3.63) is 224 Å². The molecule has 0 unspecified atom stereocenters. The molecule has 14 rings (SSSR count). The van der Waals surface area contributed by atoms with Gasteiger partial charge in [-0.1, -0.05) is 158 Å². The van der Waals surface area contributed by atoms with Crippen molar-refractivity contribution in [3.8, 4) is 51.5 Å².